The van der Waals surface area contributed by atoms with E-state index in [1.807, 2.05) is 13.0 Å². The second-order valence-electron chi connectivity index (χ2n) is 6.96. The maximum absolute atomic E-state index is 13.1. The monoisotopic (exact) mass is 364 g/mol. The van der Waals surface area contributed by atoms with Gasteiger partial charge in [-0.1, -0.05) is 12.1 Å². The molecule has 7 heteroatoms. The van der Waals surface area contributed by atoms with E-state index < -0.39 is 5.66 Å². The van der Waals surface area contributed by atoms with Crippen molar-refractivity contribution in [1.29, 1.82) is 0 Å². The van der Waals surface area contributed by atoms with E-state index in [2.05, 4.69) is 10.3 Å². The minimum absolute atomic E-state index is 0.00209. The van der Waals surface area contributed by atoms with E-state index >= 15 is 0 Å². The Labute approximate surface area is 157 Å². The highest BCUT2D eigenvalue weighted by atomic mass is 16.2. The van der Waals surface area contributed by atoms with Crippen LogP contribution in [0.5, 0.6) is 0 Å². The first-order valence-electron chi connectivity index (χ1n) is 8.95. The Bertz CT molecular complexity index is 914. The van der Waals surface area contributed by atoms with Crippen molar-refractivity contribution < 1.29 is 14.4 Å². The third-order valence-electron chi connectivity index (χ3n) is 5.25. The van der Waals surface area contributed by atoms with E-state index in [0.29, 0.717) is 29.8 Å². The fourth-order valence-corrected chi connectivity index (χ4v) is 3.92. The molecule has 1 saturated heterocycles. The van der Waals surface area contributed by atoms with Crippen LogP contribution in [0.1, 0.15) is 36.5 Å². The molecule has 1 aromatic heterocycles. The smallest absolute Gasteiger partial charge is 0.257 e. The fraction of sp³-hybridized carbons (Fsp3) is 0.300. The van der Waals surface area contributed by atoms with Gasteiger partial charge in [0.05, 0.1) is 23.1 Å². The van der Waals surface area contributed by atoms with Crippen molar-refractivity contribution in [1.82, 2.24) is 9.88 Å². The lowest BCUT2D eigenvalue weighted by atomic mass is 9.98. The number of carbonyl (C=O) groups is 3. The summed E-state index contributed by atoms with van der Waals surface area (Å²) < 4.78 is 0. The van der Waals surface area contributed by atoms with Crippen LogP contribution in [0.3, 0.4) is 0 Å². The molecule has 1 fully saturated rings. The number of anilines is 2. The van der Waals surface area contributed by atoms with Gasteiger partial charge in [0.1, 0.15) is 5.66 Å². The molecule has 1 N–H and O–H groups in total. The Morgan fingerprint density at radius 3 is 2.81 bits per heavy atom. The van der Waals surface area contributed by atoms with Gasteiger partial charge in [-0.2, -0.15) is 0 Å². The summed E-state index contributed by atoms with van der Waals surface area (Å²) in [5.41, 5.74) is 1.03. The summed E-state index contributed by atoms with van der Waals surface area (Å²) in [5, 5.41) is 2.78. The average Bonchev–Trinajstić information content (AvgIpc) is 2.98. The fourth-order valence-electron chi connectivity index (χ4n) is 3.92. The topological polar surface area (TPSA) is 82.6 Å². The van der Waals surface area contributed by atoms with Gasteiger partial charge >= 0.3 is 0 Å². The van der Waals surface area contributed by atoms with Crippen LogP contribution in [0.2, 0.25) is 0 Å². The summed E-state index contributed by atoms with van der Waals surface area (Å²) in [4.78, 5) is 45.2. The van der Waals surface area contributed by atoms with Crippen LogP contribution in [0.25, 0.3) is 0 Å². The quantitative estimate of drug-likeness (QED) is 0.903. The van der Waals surface area contributed by atoms with Crippen LogP contribution in [-0.2, 0) is 9.59 Å². The number of amides is 3. The zero-order valence-corrected chi connectivity index (χ0v) is 15.0. The predicted molar refractivity (Wildman–Crippen MR) is 100 cm³/mol. The van der Waals surface area contributed by atoms with Crippen molar-refractivity contribution in [2.75, 3.05) is 16.8 Å². The molecule has 2 aromatic rings. The SMILES string of the molecule is CC12CCC(=O)N1c1ccccc1C(=O)N2CCC(=O)Nc1cccnc1. The number of hydrogen-bond acceptors (Lipinski definition) is 4. The molecule has 2 aliphatic rings. The minimum Gasteiger partial charge on any atom is -0.325 e. The Balaban J connectivity index is 1.56. The Hall–Kier alpha value is -3.22. The van der Waals surface area contributed by atoms with Crippen LogP contribution in [0.4, 0.5) is 11.4 Å². The summed E-state index contributed by atoms with van der Waals surface area (Å²) >= 11 is 0. The van der Waals surface area contributed by atoms with Gasteiger partial charge in [-0.15, -0.1) is 0 Å². The van der Waals surface area contributed by atoms with Gasteiger partial charge in [0.2, 0.25) is 11.8 Å². The molecular weight excluding hydrogens is 344 g/mol. The summed E-state index contributed by atoms with van der Waals surface area (Å²) in [6.45, 7) is 2.13. The molecule has 1 unspecified atom stereocenters. The molecule has 3 amide bonds. The summed E-state index contributed by atoms with van der Waals surface area (Å²) in [6.07, 6.45) is 4.28. The number of fused-ring (bicyclic) bond motifs is 3. The number of pyridine rings is 1. The number of benzene rings is 1. The number of hydrogen-bond donors (Lipinski definition) is 1. The summed E-state index contributed by atoms with van der Waals surface area (Å²) in [5.74, 6) is -0.343. The van der Waals surface area contributed by atoms with E-state index in [9.17, 15) is 14.4 Å². The van der Waals surface area contributed by atoms with Gasteiger partial charge in [0.25, 0.3) is 5.91 Å². The van der Waals surface area contributed by atoms with E-state index in [-0.39, 0.29) is 30.7 Å². The molecule has 4 rings (SSSR count). The molecule has 1 aromatic carbocycles. The van der Waals surface area contributed by atoms with Crippen molar-refractivity contribution in [3.05, 3.63) is 54.4 Å². The molecular formula is C20H20N4O3. The first kappa shape index (κ1) is 17.2. The molecule has 1 atom stereocenters. The first-order chi connectivity index (χ1) is 13.0. The zero-order valence-electron chi connectivity index (χ0n) is 15.0. The lowest BCUT2D eigenvalue weighted by molar-refractivity contribution is -0.117. The molecule has 7 nitrogen and oxygen atoms in total. The predicted octanol–water partition coefficient (Wildman–Crippen LogP) is 2.41. The molecule has 138 valence electrons. The molecule has 0 bridgehead atoms. The molecule has 2 aliphatic heterocycles. The highest BCUT2D eigenvalue weighted by molar-refractivity contribution is 6.10. The zero-order chi connectivity index (χ0) is 19.0. The number of rotatable bonds is 4. The maximum atomic E-state index is 13.1. The summed E-state index contributed by atoms with van der Waals surface area (Å²) in [7, 11) is 0. The van der Waals surface area contributed by atoms with Gasteiger partial charge < -0.3 is 10.2 Å². The molecule has 27 heavy (non-hydrogen) atoms. The summed E-state index contributed by atoms with van der Waals surface area (Å²) in [6, 6.07) is 10.6. The number of nitrogens with one attached hydrogen (secondary N) is 1. The lowest BCUT2D eigenvalue weighted by Crippen LogP contribution is -2.62. The van der Waals surface area contributed by atoms with E-state index in [0.717, 1.165) is 0 Å². The van der Waals surface area contributed by atoms with Crippen molar-refractivity contribution in [3.8, 4) is 0 Å². The minimum atomic E-state index is -0.739. The standard InChI is InChI=1S/C20H20N4O3/c1-20-10-8-18(26)24(20)16-7-3-2-6-15(16)19(27)23(20)12-9-17(25)22-14-5-4-11-21-13-14/h2-7,11,13H,8-10,12H2,1H3,(H,22,25). The van der Waals surface area contributed by atoms with Crippen LogP contribution in [-0.4, -0.2) is 39.8 Å². The molecule has 0 aliphatic carbocycles. The van der Waals surface area contributed by atoms with Crippen molar-refractivity contribution in [2.45, 2.75) is 31.8 Å². The largest absolute Gasteiger partial charge is 0.325 e. The van der Waals surface area contributed by atoms with Crippen LogP contribution in [0, 0.1) is 0 Å². The van der Waals surface area contributed by atoms with E-state index in [1.165, 1.54) is 0 Å². The van der Waals surface area contributed by atoms with Gasteiger partial charge in [-0.25, -0.2) is 0 Å². The highest BCUT2D eigenvalue weighted by Gasteiger charge is 2.52. The lowest BCUT2D eigenvalue weighted by Gasteiger charge is -2.48. The number of aromatic nitrogens is 1. The second-order valence-corrected chi connectivity index (χ2v) is 6.96. The second kappa shape index (κ2) is 6.50. The highest BCUT2D eigenvalue weighted by Crippen LogP contribution is 2.43. The van der Waals surface area contributed by atoms with E-state index in [4.69, 9.17) is 0 Å². The molecule has 0 saturated carbocycles. The number of nitrogens with zero attached hydrogens (tertiary/aromatic N) is 3. The van der Waals surface area contributed by atoms with Crippen LogP contribution >= 0.6 is 0 Å². The molecule has 0 radical (unpaired) electrons. The van der Waals surface area contributed by atoms with Gasteiger partial charge in [-0.3, -0.25) is 24.3 Å². The van der Waals surface area contributed by atoms with Crippen molar-refractivity contribution in [3.63, 3.8) is 0 Å². The Morgan fingerprint density at radius 2 is 2.04 bits per heavy atom. The van der Waals surface area contributed by atoms with Gasteiger partial charge in [-0.05, 0) is 37.6 Å². The first-order valence-corrected chi connectivity index (χ1v) is 8.95. The average molecular weight is 364 g/mol. The number of para-hydroxylation sites is 1. The normalized spacial score (nSPS) is 21.1. The van der Waals surface area contributed by atoms with Crippen LogP contribution in [0.15, 0.2) is 48.8 Å². The van der Waals surface area contributed by atoms with Crippen molar-refractivity contribution in [2.24, 2.45) is 0 Å². The Morgan fingerprint density at radius 1 is 1.22 bits per heavy atom. The van der Waals surface area contributed by atoms with Crippen LogP contribution < -0.4 is 10.2 Å². The van der Waals surface area contributed by atoms with Gasteiger partial charge in [0, 0.05) is 25.6 Å². The third kappa shape index (κ3) is 2.85. The van der Waals surface area contributed by atoms with Gasteiger partial charge in [0.15, 0.2) is 0 Å². The Kier molecular flexibility index (Phi) is 4.14. The maximum Gasteiger partial charge on any atom is 0.257 e. The molecule has 3 heterocycles. The molecule has 0 spiro atoms. The third-order valence-corrected chi connectivity index (χ3v) is 5.25. The van der Waals surface area contributed by atoms with E-state index in [1.54, 1.807) is 52.5 Å². The number of carbonyl (C=O) groups excluding carboxylic acids is 3. The van der Waals surface area contributed by atoms with Crippen molar-refractivity contribution >= 4 is 29.1 Å².